The first-order valence-corrected chi connectivity index (χ1v) is 7.81. The van der Waals surface area contributed by atoms with Crippen LogP contribution < -0.4 is 0 Å². The van der Waals surface area contributed by atoms with E-state index < -0.39 is 18.4 Å². The number of aromatic nitrogens is 2. The van der Waals surface area contributed by atoms with Crippen molar-refractivity contribution in [1.29, 1.82) is 0 Å². The van der Waals surface area contributed by atoms with E-state index in [1.54, 1.807) is 4.68 Å². The summed E-state index contributed by atoms with van der Waals surface area (Å²) < 4.78 is 6.57. The number of ether oxygens (including phenoxy) is 1. The van der Waals surface area contributed by atoms with Gasteiger partial charge < -0.3 is 14.9 Å². The number of Topliss-reactive ketones (excluding diaryl/α,β-unsaturated/α-hetero) is 1. The highest BCUT2D eigenvalue weighted by molar-refractivity contribution is 6.01. The van der Waals surface area contributed by atoms with Crippen LogP contribution in [0.1, 0.15) is 26.3 Å². The summed E-state index contributed by atoms with van der Waals surface area (Å²) in [5.74, 6) is -1.80. The molecular weight excluding hydrogens is 336 g/mol. The topological polar surface area (TPSA) is 102 Å². The van der Waals surface area contributed by atoms with Crippen molar-refractivity contribution >= 4 is 11.8 Å². The number of carbonyl (C=O) groups is 2. The predicted octanol–water partition coefficient (Wildman–Crippen LogP) is 2.38. The fraction of sp³-hybridized carbons (Fsp3) is 0.105. The number of ketones is 1. The third-order valence-electron chi connectivity index (χ3n) is 3.67. The van der Waals surface area contributed by atoms with Crippen molar-refractivity contribution in [2.75, 3.05) is 6.61 Å². The van der Waals surface area contributed by atoms with E-state index in [9.17, 15) is 19.8 Å². The second-order valence-electron chi connectivity index (χ2n) is 5.61. The van der Waals surface area contributed by atoms with Crippen LogP contribution >= 0.6 is 0 Å². The number of phenolic OH excluding ortho intramolecular Hbond substituents is 2. The van der Waals surface area contributed by atoms with E-state index in [-0.39, 0.29) is 22.6 Å². The quantitative estimate of drug-likeness (QED) is 0.522. The number of carbonyl (C=O) groups excluding carboxylic acids is 2. The molecule has 0 aliphatic carbocycles. The molecule has 2 N–H and O–H groups in total. The lowest BCUT2D eigenvalue weighted by molar-refractivity contribution is 0.0473. The Morgan fingerprint density at radius 2 is 1.85 bits per heavy atom. The Bertz CT molecular complexity index is 934. The Balaban J connectivity index is 1.59. The Kier molecular flexibility index (Phi) is 4.98. The Morgan fingerprint density at radius 1 is 1.08 bits per heavy atom. The maximum atomic E-state index is 12.1. The molecule has 1 aromatic heterocycles. The summed E-state index contributed by atoms with van der Waals surface area (Å²) in [7, 11) is 0. The molecule has 3 aromatic rings. The molecule has 0 amide bonds. The highest BCUT2D eigenvalue weighted by Gasteiger charge is 2.16. The number of hydrogen-bond acceptors (Lipinski definition) is 6. The van der Waals surface area contributed by atoms with E-state index in [4.69, 9.17) is 4.74 Å². The molecule has 26 heavy (non-hydrogen) atoms. The fourth-order valence-electron chi connectivity index (χ4n) is 2.37. The molecular formula is C19H16N2O5. The largest absolute Gasteiger partial charge is 0.508 e. The monoisotopic (exact) mass is 352 g/mol. The van der Waals surface area contributed by atoms with Crippen LogP contribution in [0, 0.1) is 0 Å². The molecule has 0 spiro atoms. The van der Waals surface area contributed by atoms with Crippen molar-refractivity contribution in [2.24, 2.45) is 0 Å². The maximum absolute atomic E-state index is 12.1. The van der Waals surface area contributed by atoms with Crippen molar-refractivity contribution < 1.29 is 24.5 Å². The van der Waals surface area contributed by atoms with Gasteiger partial charge in [0.25, 0.3) is 0 Å². The van der Waals surface area contributed by atoms with E-state index in [0.29, 0.717) is 6.54 Å². The summed E-state index contributed by atoms with van der Waals surface area (Å²) in [4.78, 5) is 24.1. The zero-order valence-electron chi connectivity index (χ0n) is 13.7. The Morgan fingerprint density at radius 3 is 2.58 bits per heavy atom. The number of aromatic hydroxyl groups is 2. The zero-order valence-corrected chi connectivity index (χ0v) is 13.7. The number of hydrogen-bond donors (Lipinski definition) is 2. The van der Waals surface area contributed by atoms with E-state index in [0.717, 1.165) is 11.6 Å². The van der Waals surface area contributed by atoms with Crippen LogP contribution in [-0.2, 0) is 11.3 Å². The first-order valence-electron chi connectivity index (χ1n) is 7.81. The van der Waals surface area contributed by atoms with Crippen LogP contribution in [0.3, 0.4) is 0 Å². The minimum Gasteiger partial charge on any atom is -0.508 e. The molecule has 2 aromatic carbocycles. The van der Waals surface area contributed by atoms with Gasteiger partial charge in [0.05, 0.1) is 23.9 Å². The van der Waals surface area contributed by atoms with Crippen LogP contribution in [0.5, 0.6) is 11.5 Å². The van der Waals surface area contributed by atoms with Crippen LogP contribution in [0.4, 0.5) is 0 Å². The summed E-state index contributed by atoms with van der Waals surface area (Å²) >= 11 is 0. The number of nitrogens with zero attached hydrogens (tertiary/aromatic N) is 2. The third kappa shape index (κ3) is 4.07. The molecule has 0 atom stereocenters. The van der Waals surface area contributed by atoms with Crippen molar-refractivity contribution in [2.45, 2.75) is 6.54 Å². The first kappa shape index (κ1) is 17.2. The molecule has 132 valence electrons. The molecule has 1 heterocycles. The minimum atomic E-state index is -0.684. The molecule has 0 saturated heterocycles. The first-order chi connectivity index (χ1) is 12.5. The number of benzene rings is 2. The van der Waals surface area contributed by atoms with Crippen LogP contribution in [0.2, 0.25) is 0 Å². The highest BCUT2D eigenvalue weighted by atomic mass is 16.5. The lowest BCUT2D eigenvalue weighted by atomic mass is 10.1. The molecule has 0 fully saturated rings. The van der Waals surface area contributed by atoms with E-state index >= 15 is 0 Å². The van der Waals surface area contributed by atoms with Gasteiger partial charge in [0.15, 0.2) is 6.61 Å². The van der Waals surface area contributed by atoms with Gasteiger partial charge in [0, 0.05) is 12.3 Å². The van der Waals surface area contributed by atoms with Gasteiger partial charge in [0.2, 0.25) is 5.78 Å². The Hall–Kier alpha value is -3.61. The van der Waals surface area contributed by atoms with Crippen molar-refractivity contribution in [3.63, 3.8) is 0 Å². The molecule has 0 aliphatic heterocycles. The van der Waals surface area contributed by atoms with Crippen molar-refractivity contribution in [1.82, 2.24) is 9.78 Å². The lowest BCUT2D eigenvalue weighted by Crippen LogP contribution is -2.14. The highest BCUT2D eigenvalue weighted by Crippen LogP contribution is 2.23. The van der Waals surface area contributed by atoms with Gasteiger partial charge >= 0.3 is 5.97 Å². The summed E-state index contributed by atoms with van der Waals surface area (Å²) in [5, 5.41) is 23.0. The fourth-order valence-corrected chi connectivity index (χ4v) is 2.37. The van der Waals surface area contributed by atoms with E-state index in [1.807, 2.05) is 30.3 Å². The van der Waals surface area contributed by atoms with Gasteiger partial charge in [-0.1, -0.05) is 30.3 Å². The normalized spacial score (nSPS) is 10.5. The summed E-state index contributed by atoms with van der Waals surface area (Å²) in [6.07, 6.45) is 2.91. The van der Waals surface area contributed by atoms with Gasteiger partial charge in [0.1, 0.15) is 11.5 Å². The predicted molar refractivity (Wildman–Crippen MR) is 92.2 cm³/mol. The summed E-state index contributed by atoms with van der Waals surface area (Å²) in [6.45, 7) is -0.0184. The standard InChI is InChI=1S/C19H16N2O5/c22-15-6-7-16(17(23)8-15)18(24)12-26-19(25)14-9-20-21(11-14)10-13-4-2-1-3-5-13/h1-9,11,22-23H,10,12H2. The van der Waals surface area contributed by atoms with Gasteiger partial charge in [-0.3, -0.25) is 9.48 Å². The van der Waals surface area contributed by atoms with Gasteiger partial charge in [-0.15, -0.1) is 0 Å². The van der Waals surface area contributed by atoms with Crippen molar-refractivity contribution in [3.05, 3.63) is 77.6 Å². The molecule has 0 radical (unpaired) electrons. The lowest BCUT2D eigenvalue weighted by Gasteiger charge is -2.05. The second kappa shape index (κ2) is 7.52. The summed E-state index contributed by atoms with van der Waals surface area (Å²) in [5.41, 5.74) is 1.23. The van der Waals surface area contributed by atoms with Crippen LogP contribution in [0.25, 0.3) is 0 Å². The number of phenols is 2. The smallest absolute Gasteiger partial charge is 0.341 e. The maximum Gasteiger partial charge on any atom is 0.341 e. The second-order valence-corrected chi connectivity index (χ2v) is 5.61. The molecule has 0 unspecified atom stereocenters. The zero-order chi connectivity index (χ0) is 18.5. The average Bonchev–Trinajstić information content (AvgIpc) is 3.09. The molecule has 3 rings (SSSR count). The number of esters is 1. The van der Waals surface area contributed by atoms with Gasteiger partial charge in [-0.2, -0.15) is 5.10 Å². The molecule has 7 heteroatoms. The van der Waals surface area contributed by atoms with Crippen LogP contribution in [-0.4, -0.2) is 38.4 Å². The Labute approximate surface area is 149 Å². The van der Waals surface area contributed by atoms with Crippen molar-refractivity contribution in [3.8, 4) is 11.5 Å². The van der Waals surface area contributed by atoms with E-state index in [2.05, 4.69) is 5.10 Å². The van der Waals surface area contributed by atoms with Crippen LogP contribution in [0.15, 0.2) is 60.9 Å². The SMILES string of the molecule is O=C(OCC(=O)c1ccc(O)cc1O)c1cnn(Cc2ccccc2)c1. The number of rotatable bonds is 6. The third-order valence-corrected chi connectivity index (χ3v) is 3.67. The van der Waals surface area contributed by atoms with Gasteiger partial charge in [-0.05, 0) is 17.7 Å². The molecule has 7 nitrogen and oxygen atoms in total. The molecule has 0 bridgehead atoms. The van der Waals surface area contributed by atoms with Gasteiger partial charge in [-0.25, -0.2) is 4.79 Å². The molecule has 0 saturated carbocycles. The average molecular weight is 352 g/mol. The molecule has 0 aliphatic rings. The minimum absolute atomic E-state index is 0.0321. The summed E-state index contributed by atoms with van der Waals surface area (Å²) in [6, 6.07) is 13.2. The van der Waals surface area contributed by atoms with E-state index in [1.165, 1.54) is 24.5 Å².